The van der Waals surface area contributed by atoms with Crippen LogP contribution in [-0.4, -0.2) is 6.54 Å². The standard InChI is InChI=1S/C13H17N3/c1-2-13(5-6-13)9-16-12-4-3-10(8-14)7-11(12)15/h3-4,7,16H,2,5-6,9,15H2,1H3. The van der Waals surface area contributed by atoms with Gasteiger partial charge in [0.15, 0.2) is 0 Å². The molecule has 1 aliphatic carbocycles. The third kappa shape index (κ3) is 2.11. The number of rotatable bonds is 4. The number of nitrogens with zero attached hydrogens (tertiary/aromatic N) is 1. The highest BCUT2D eigenvalue weighted by molar-refractivity contribution is 5.68. The lowest BCUT2D eigenvalue weighted by Gasteiger charge is -2.15. The molecular formula is C13H17N3. The molecule has 0 heterocycles. The summed E-state index contributed by atoms with van der Waals surface area (Å²) in [6.07, 6.45) is 3.84. The summed E-state index contributed by atoms with van der Waals surface area (Å²) in [7, 11) is 0. The lowest BCUT2D eigenvalue weighted by atomic mass is 10.0. The molecule has 3 heteroatoms. The van der Waals surface area contributed by atoms with Gasteiger partial charge in [-0.25, -0.2) is 0 Å². The van der Waals surface area contributed by atoms with E-state index in [-0.39, 0.29) is 0 Å². The second-order valence-corrected chi connectivity index (χ2v) is 4.62. The van der Waals surface area contributed by atoms with Gasteiger partial charge in [0.2, 0.25) is 0 Å². The van der Waals surface area contributed by atoms with E-state index in [2.05, 4.69) is 18.3 Å². The lowest BCUT2D eigenvalue weighted by Crippen LogP contribution is -2.15. The Labute approximate surface area is 96.3 Å². The van der Waals surface area contributed by atoms with Crippen LogP contribution in [0.15, 0.2) is 18.2 Å². The summed E-state index contributed by atoms with van der Waals surface area (Å²) < 4.78 is 0. The zero-order chi connectivity index (χ0) is 11.6. The van der Waals surface area contributed by atoms with E-state index in [1.54, 1.807) is 12.1 Å². The van der Waals surface area contributed by atoms with E-state index in [1.165, 1.54) is 19.3 Å². The summed E-state index contributed by atoms with van der Waals surface area (Å²) in [4.78, 5) is 0. The fraction of sp³-hybridized carbons (Fsp3) is 0.462. The zero-order valence-electron chi connectivity index (χ0n) is 9.59. The molecule has 0 spiro atoms. The summed E-state index contributed by atoms with van der Waals surface area (Å²) in [6.45, 7) is 3.22. The molecule has 1 aromatic rings. The molecule has 0 radical (unpaired) electrons. The van der Waals surface area contributed by atoms with Crippen molar-refractivity contribution in [2.75, 3.05) is 17.6 Å². The number of anilines is 2. The van der Waals surface area contributed by atoms with Gasteiger partial charge in [-0.3, -0.25) is 0 Å². The highest BCUT2D eigenvalue weighted by atomic mass is 14.9. The molecule has 0 saturated heterocycles. The summed E-state index contributed by atoms with van der Waals surface area (Å²) in [6, 6.07) is 7.48. The number of benzene rings is 1. The van der Waals surface area contributed by atoms with Crippen molar-refractivity contribution in [3.8, 4) is 6.07 Å². The Bertz CT molecular complexity index is 427. The normalized spacial score (nSPS) is 16.5. The van der Waals surface area contributed by atoms with Crippen LogP contribution in [0.2, 0.25) is 0 Å². The number of hydrogen-bond donors (Lipinski definition) is 2. The minimum atomic E-state index is 0.500. The highest BCUT2D eigenvalue weighted by Gasteiger charge is 2.40. The third-order valence-electron chi connectivity index (χ3n) is 3.54. The molecule has 2 rings (SSSR count). The van der Waals surface area contributed by atoms with Crippen molar-refractivity contribution in [2.45, 2.75) is 26.2 Å². The zero-order valence-corrected chi connectivity index (χ0v) is 9.59. The average molecular weight is 215 g/mol. The summed E-state index contributed by atoms with van der Waals surface area (Å²) in [5.74, 6) is 0. The average Bonchev–Trinajstić information content (AvgIpc) is 3.08. The Morgan fingerprint density at radius 2 is 2.25 bits per heavy atom. The van der Waals surface area contributed by atoms with Crippen molar-refractivity contribution in [3.63, 3.8) is 0 Å². The molecular weight excluding hydrogens is 198 g/mol. The molecule has 0 bridgehead atoms. The van der Waals surface area contributed by atoms with E-state index in [4.69, 9.17) is 11.0 Å². The summed E-state index contributed by atoms with van der Waals surface area (Å²) in [5, 5.41) is 12.1. The smallest absolute Gasteiger partial charge is 0.0992 e. The summed E-state index contributed by atoms with van der Waals surface area (Å²) in [5.41, 5.74) is 8.59. The third-order valence-corrected chi connectivity index (χ3v) is 3.54. The van der Waals surface area contributed by atoms with Gasteiger partial charge in [-0.1, -0.05) is 6.92 Å². The Morgan fingerprint density at radius 3 is 2.75 bits per heavy atom. The van der Waals surface area contributed by atoms with Crippen LogP contribution in [0.1, 0.15) is 31.7 Å². The first kappa shape index (κ1) is 10.8. The van der Waals surface area contributed by atoms with Crippen LogP contribution >= 0.6 is 0 Å². The molecule has 0 aromatic heterocycles. The van der Waals surface area contributed by atoms with Gasteiger partial charge in [0.05, 0.1) is 23.0 Å². The van der Waals surface area contributed by atoms with E-state index in [1.807, 2.05) is 6.07 Å². The van der Waals surface area contributed by atoms with Crippen LogP contribution < -0.4 is 11.1 Å². The van der Waals surface area contributed by atoms with E-state index < -0.39 is 0 Å². The van der Waals surface area contributed by atoms with Crippen molar-refractivity contribution < 1.29 is 0 Å². The van der Waals surface area contributed by atoms with Crippen LogP contribution in [0.25, 0.3) is 0 Å². The van der Waals surface area contributed by atoms with Gasteiger partial charge < -0.3 is 11.1 Å². The van der Waals surface area contributed by atoms with Crippen LogP contribution in [0.3, 0.4) is 0 Å². The van der Waals surface area contributed by atoms with Gasteiger partial charge in [0.1, 0.15) is 0 Å². The molecule has 1 saturated carbocycles. The van der Waals surface area contributed by atoms with Crippen molar-refractivity contribution in [3.05, 3.63) is 23.8 Å². The van der Waals surface area contributed by atoms with Crippen molar-refractivity contribution in [2.24, 2.45) is 5.41 Å². The molecule has 3 N–H and O–H groups in total. The largest absolute Gasteiger partial charge is 0.397 e. The monoisotopic (exact) mass is 215 g/mol. The molecule has 3 nitrogen and oxygen atoms in total. The molecule has 84 valence electrons. The predicted molar refractivity (Wildman–Crippen MR) is 66.0 cm³/mol. The van der Waals surface area contributed by atoms with E-state index in [0.29, 0.717) is 16.7 Å². The molecule has 1 fully saturated rings. The van der Waals surface area contributed by atoms with Gasteiger partial charge in [0, 0.05) is 6.54 Å². The number of nitrogens with two attached hydrogens (primary N) is 1. The predicted octanol–water partition coefficient (Wildman–Crippen LogP) is 2.74. The Hall–Kier alpha value is -1.69. The quantitative estimate of drug-likeness (QED) is 0.759. The first-order chi connectivity index (χ1) is 7.69. The van der Waals surface area contributed by atoms with Gasteiger partial charge in [-0.15, -0.1) is 0 Å². The molecule has 0 amide bonds. The van der Waals surface area contributed by atoms with Gasteiger partial charge in [0.25, 0.3) is 0 Å². The van der Waals surface area contributed by atoms with Crippen LogP contribution in [0.4, 0.5) is 11.4 Å². The topological polar surface area (TPSA) is 61.8 Å². The van der Waals surface area contributed by atoms with Gasteiger partial charge in [-0.05, 0) is 42.9 Å². The number of nitriles is 1. The molecule has 1 aliphatic rings. The SMILES string of the molecule is CCC1(CNc2ccc(C#N)cc2N)CC1. The molecule has 0 atom stereocenters. The molecule has 0 unspecified atom stereocenters. The van der Waals surface area contributed by atoms with Crippen molar-refractivity contribution in [1.82, 2.24) is 0 Å². The Balaban J connectivity index is 2.02. The van der Waals surface area contributed by atoms with E-state index in [0.717, 1.165) is 12.2 Å². The maximum atomic E-state index is 8.73. The van der Waals surface area contributed by atoms with Crippen LogP contribution in [0, 0.1) is 16.7 Å². The maximum Gasteiger partial charge on any atom is 0.0992 e. The van der Waals surface area contributed by atoms with Crippen molar-refractivity contribution in [1.29, 1.82) is 5.26 Å². The first-order valence-corrected chi connectivity index (χ1v) is 5.73. The first-order valence-electron chi connectivity index (χ1n) is 5.73. The minimum absolute atomic E-state index is 0.500. The fourth-order valence-corrected chi connectivity index (χ4v) is 1.91. The summed E-state index contributed by atoms with van der Waals surface area (Å²) >= 11 is 0. The molecule has 1 aromatic carbocycles. The number of hydrogen-bond acceptors (Lipinski definition) is 3. The molecule has 16 heavy (non-hydrogen) atoms. The van der Waals surface area contributed by atoms with E-state index >= 15 is 0 Å². The minimum Gasteiger partial charge on any atom is -0.397 e. The second kappa shape index (κ2) is 4.05. The Morgan fingerprint density at radius 1 is 1.50 bits per heavy atom. The van der Waals surface area contributed by atoms with Crippen molar-refractivity contribution >= 4 is 11.4 Å². The second-order valence-electron chi connectivity index (χ2n) is 4.62. The lowest BCUT2D eigenvalue weighted by molar-refractivity contribution is 0.521. The molecule has 0 aliphatic heterocycles. The van der Waals surface area contributed by atoms with Gasteiger partial charge >= 0.3 is 0 Å². The van der Waals surface area contributed by atoms with E-state index in [9.17, 15) is 0 Å². The van der Waals surface area contributed by atoms with Crippen LogP contribution in [-0.2, 0) is 0 Å². The van der Waals surface area contributed by atoms with Crippen LogP contribution in [0.5, 0.6) is 0 Å². The number of nitrogen functional groups attached to an aromatic ring is 1. The number of nitrogens with one attached hydrogen (secondary N) is 1. The van der Waals surface area contributed by atoms with Gasteiger partial charge in [-0.2, -0.15) is 5.26 Å². The Kier molecular flexibility index (Phi) is 2.74. The maximum absolute atomic E-state index is 8.73. The fourth-order valence-electron chi connectivity index (χ4n) is 1.91. The highest BCUT2D eigenvalue weighted by Crippen LogP contribution is 2.48.